The minimum atomic E-state index is 0.819. The Morgan fingerprint density at radius 2 is 1.87 bits per heavy atom. The first-order valence-electron chi connectivity index (χ1n) is 6.33. The van der Waals surface area contributed by atoms with Crippen molar-refractivity contribution in [1.82, 2.24) is 9.80 Å². The lowest BCUT2D eigenvalue weighted by atomic mass is 10.0. The molecule has 0 spiro atoms. The first-order valence-corrected chi connectivity index (χ1v) is 6.33. The zero-order chi connectivity index (χ0) is 11.1. The zero-order valence-corrected chi connectivity index (χ0v) is 10.4. The molecule has 2 N–H and O–H groups in total. The van der Waals surface area contributed by atoms with Crippen molar-refractivity contribution in [2.24, 2.45) is 5.73 Å². The fourth-order valence-corrected chi connectivity index (χ4v) is 2.30. The molecule has 0 bridgehead atoms. The molecule has 0 amide bonds. The summed E-state index contributed by atoms with van der Waals surface area (Å²) in [5.41, 5.74) is 5.48. The molecular weight excluding hydrogens is 186 g/mol. The van der Waals surface area contributed by atoms with Crippen molar-refractivity contribution in [2.45, 2.75) is 38.1 Å². The van der Waals surface area contributed by atoms with E-state index < -0.39 is 0 Å². The van der Waals surface area contributed by atoms with Crippen molar-refractivity contribution in [2.75, 3.05) is 40.3 Å². The van der Waals surface area contributed by atoms with Gasteiger partial charge in [0.1, 0.15) is 0 Å². The maximum absolute atomic E-state index is 5.48. The normalized spacial score (nSPS) is 20.0. The van der Waals surface area contributed by atoms with Crippen molar-refractivity contribution >= 4 is 0 Å². The Labute approximate surface area is 94.6 Å². The molecule has 0 aliphatic carbocycles. The smallest absolute Gasteiger partial charge is 0.0117 e. The van der Waals surface area contributed by atoms with Gasteiger partial charge in [-0.1, -0.05) is 6.42 Å². The summed E-state index contributed by atoms with van der Waals surface area (Å²) in [5.74, 6) is 0. The number of hydrogen-bond donors (Lipinski definition) is 1. The highest BCUT2D eigenvalue weighted by atomic mass is 15.2. The summed E-state index contributed by atoms with van der Waals surface area (Å²) in [5, 5.41) is 0. The van der Waals surface area contributed by atoms with Crippen LogP contribution in [0.15, 0.2) is 0 Å². The molecule has 3 heteroatoms. The molecule has 0 aromatic heterocycles. The summed E-state index contributed by atoms with van der Waals surface area (Å²) >= 11 is 0. The van der Waals surface area contributed by atoms with Crippen LogP contribution in [0.25, 0.3) is 0 Å². The summed E-state index contributed by atoms with van der Waals surface area (Å²) in [6, 6.07) is 0.819. The van der Waals surface area contributed by atoms with E-state index in [2.05, 4.69) is 23.9 Å². The predicted molar refractivity (Wildman–Crippen MR) is 66.1 cm³/mol. The Balaban J connectivity index is 2.08. The van der Waals surface area contributed by atoms with E-state index in [0.29, 0.717) is 0 Å². The van der Waals surface area contributed by atoms with Crippen LogP contribution in [0.3, 0.4) is 0 Å². The second-order valence-electron chi connectivity index (χ2n) is 4.86. The minimum Gasteiger partial charge on any atom is -0.330 e. The van der Waals surface area contributed by atoms with E-state index in [4.69, 9.17) is 5.73 Å². The van der Waals surface area contributed by atoms with Crippen molar-refractivity contribution < 1.29 is 0 Å². The topological polar surface area (TPSA) is 32.5 Å². The molecule has 1 heterocycles. The average molecular weight is 213 g/mol. The van der Waals surface area contributed by atoms with Crippen LogP contribution in [0, 0.1) is 0 Å². The molecule has 0 unspecified atom stereocenters. The van der Waals surface area contributed by atoms with E-state index in [1.807, 2.05) is 0 Å². The Hall–Kier alpha value is -0.120. The molecule has 1 rings (SSSR count). The van der Waals surface area contributed by atoms with Crippen molar-refractivity contribution in [1.29, 1.82) is 0 Å². The maximum atomic E-state index is 5.48. The molecule has 1 aliphatic rings. The van der Waals surface area contributed by atoms with E-state index in [1.54, 1.807) is 0 Å². The maximum Gasteiger partial charge on any atom is 0.0117 e. The number of rotatable bonds is 6. The summed E-state index contributed by atoms with van der Waals surface area (Å²) in [7, 11) is 4.50. The second kappa shape index (κ2) is 7.20. The lowest BCUT2D eigenvalue weighted by Gasteiger charge is -2.35. The first-order chi connectivity index (χ1) is 7.24. The molecule has 0 aromatic carbocycles. The van der Waals surface area contributed by atoms with Gasteiger partial charge in [-0.3, -0.25) is 0 Å². The molecule has 0 atom stereocenters. The van der Waals surface area contributed by atoms with Gasteiger partial charge in [0.05, 0.1) is 0 Å². The van der Waals surface area contributed by atoms with Gasteiger partial charge in [0.15, 0.2) is 0 Å². The third kappa shape index (κ3) is 4.96. The largest absolute Gasteiger partial charge is 0.330 e. The van der Waals surface area contributed by atoms with Crippen LogP contribution in [0.2, 0.25) is 0 Å². The molecule has 1 aliphatic heterocycles. The Morgan fingerprint density at radius 3 is 2.47 bits per heavy atom. The van der Waals surface area contributed by atoms with Crippen LogP contribution in [0.5, 0.6) is 0 Å². The monoisotopic (exact) mass is 213 g/mol. The highest BCUT2D eigenvalue weighted by Crippen LogP contribution is 2.14. The number of nitrogens with zero attached hydrogens (tertiary/aromatic N) is 2. The van der Waals surface area contributed by atoms with E-state index in [1.165, 1.54) is 51.7 Å². The fourth-order valence-electron chi connectivity index (χ4n) is 2.30. The van der Waals surface area contributed by atoms with Crippen LogP contribution in [-0.2, 0) is 0 Å². The zero-order valence-electron chi connectivity index (χ0n) is 10.4. The summed E-state index contributed by atoms with van der Waals surface area (Å²) < 4.78 is 0. The SMILES string of the molecule is CN1CCC(N(C)CCCCCN)CC1. The molecular formula is C12H27N3. The molecule has 90 valence electrons. The van der Waals surface area contributed by atoms with Gasteiger partial charge in [-0.05, 0) is 66.0 Å². The number of nitrogens with two attached hydrogens (primary N) is 1. The second-order valence-corrected chi connectivity index (χ2v) is 4.86. The van der Waals surface area contributed by atoms with E-state index in [9.17, 15) is 0 Å². The van der Waals surface area contributed by atoms with Crippen molar-refractivity contribution in [3.05, 3.63) is 0 Å². The van der Waals surface area contributed by atoms with E-state index >= 15 is 0 Å². The average Bonchev–Trinajstić information content (AvgIpc) is 2.25. The lowest BCUT2D eigenvalue weighted by Crippen LogP contribution is -2.42. The van der Waals surface area contributed by atoms with Gasteiger partial charge < -0.3 is 15.5 Å². The van der Waals surface area contributed by atoms with Crippen LogP contribution < -0.4 is 5.73 Å². The minimum absolute atomic E-state index is 0.819. The molecule has 0 radical (unpaired) electrons. The van der Waals surface area contributed by atoms with Gasteiger partial charge in [0.2, 0.25) is 0 Å². The summed E-state index contributed by atoms with van der Waals surface area (Å²) in [6.45, 7) is 4.61. The fraction of sp³-hybridized carbons (Fsp3) is 1.00. The molecule has 1 fully saturated rings. The molecule has 0 saturated carbocycles. The van der Waals surface area contributed by atoms with Crippen molar-refractivity contribution in [3.63, 3.8) is 0 Å². The molecule has 1 saturated heterocycles. The summed E-state index contributed by atoms with van der Waals surface area (Å²) in [4.78, 5) is 4.97. The van der Waals surface area contributed by atoms with Crippen molar-refractivity contribution in [3.8, 4) is 0 Å². The highest BCUT2D eigenvalue weighted by Gasteiger charge is 2.19. The predicted octanol–water partition coefficient (Wildman–Crippen LogP) is 1.14. The lowest BCUT2D eigenvalue weighted by molar-refractivity contribution is 0.143. The third-order valence-corrected chi connectivity index (χ3v) is 3.53. The highest BCUT2D eigenvalue weighted by molar-refractivity contribution is 4.76. The standard InChI is InChI=1S/C12H27N3/c1-14-10-6-12(7-11-14)15(2)9-5-3-4-8-13/h12H,3-11,13H2,1-2H3. The van der Waals surface area contributed by atoms with Gasteiger partial charge in [-0.15, -0.1) is 0 Å². The molecule has 3 nitrogen and oxygen atoms in total. The van der Waals surface area contributed by atoms with Gasteiger partial charge in [0.25, 0.3) is 0 Å². The van der Waals surface area contributed by atoms with Crippen LogP contribution >= 0.6 is 0 Å². The van der Waals surface area contributed by atoms with Crippen LogP contribution in [-0.4, -0.2) is 56.1 Å². The Bertz CT molecular complexity index is 153. The van der Waals surface area contributed by atoms with Gasteiger partial charge in [-0.25, -0.2) is 0 Å². The van der Waals surface area contributed by atoms with E-state index in [-0.39, 0.29) is 0 Å². The number of unbranched alkanes of at least 4 members (excludes halogenated alkanes) is 2. The van der Waals surface area contributed by atoms with Gasteiger partial charge in [-0.2, -0.15) is 0 Å². The van der Waals surface area contributed by atoms with Gasteiger partial charge in [0, 0.05) is 6.04 Å². The Morgan fingerprint density at radius 1 is 1.20 bits per heavy atom. The number of likely N-dealkylation sites (tertiary alicyclic amines) is 1. The van der Waals surface area contributed by atoms with E-state index in [0.717, 1.165) is 12.6 Å². The number of hydrogen-bond acceptors (Lipinski definition) is 3. The summed E-state index contributed by atoms with van der Waals surface area (Å²) in [6.07, 6.45) is 6.45. The van der Waals surface area contributed by atoms with Gasteiger partial charge >= 0.3 is 0 Å². The first kappa shape index (κ1) is 12.9. The quantitative estimate of drug-likeness (QED) is 0.672. The van der Waals surface area contributed by atoms with Crippen LogP contribution in [0.4, 0.5) is 0 Å². The number of piperidine rings is 1. The Kier molecular flexibility index (Phi) is 6.22. The molecule has 0 aromatic rings. The van der Waals surface area contributed by atoms with Crippen LogP contribution in [0.1, 0.15) is 32.1 Å². The molecule has 15 heavy (non-hydrogen) atoms. The third-order valence-electron chi connectivity index (χ3n) is 3.53.